The smallest absolute Gasteiger partial charge is 0.466 e. The summed E-state index contributed by atoms with van der Waals surface area (Å²) in [5.74, 6) is -0.971. The average molecular weight is 306 g/mol. The minimum atomic E-state index is -0.573. The Hall–Kier alpha value is -1.66. The van der Waals surface area contributed by atoms with E-state index in [0.717, 1.165) is 0 Å². The van der Waals surface area contributed by atoms with Crippen LogP contribution < -0.4 is 5.46 Å². The molecule has 1 saturated heterocycles. The minimum absolute atomic E-state index is 0.276. The van der Waals surface area contributed by atoms with Gasteiger partial charge in [0.2, 0.25) is 0 Å². The highest BCUT2D eigenvalue weighted by Gasteiger charge is 2.51. The maximum atomic E-state index is 13.8. The number of benzene rings is 1. The number of carbonyl (C=O) groups is 1. The van der Waals surface area contributed by atoms with Crippen LogP contribution in [0, 0.1) is 5.82 Å². The Bertz CT molecular complexity index is 594. The number of hydrogen-bond donors (Lipinski definition) is 0. The summed E-state index contributed by atoms with van der Waals surface area (Å²) in [6.45, 7) is 7.81. The summed E-state index contributed by atoms with van der Waals surface area (Å²) in [5.41, 5.74) is 0.0458. The van der Waals surface area contributed by atoms with E-state index in [-0.39, 0.29) is 5.56 Å². The Labute approximate surface area is 130 Å². The molecular formula is C16H20BFO4. The summed E-state index contributed by atoms with van der Waals surface area (Å²) in [5, 5.41) is 0. The minimum Gasteiger partial charge on any atom is -0.466 e. The number of rotatable bonds is 3. The molecule has 1 aromatic rings. The third-order valence-corrected chi connectivity index (χ3v) is 4.15. The van der Waals surface area contributed by atoms with Gasteiger partial charge in [-0.3, -0.25) is 0 Å². The lowest BCUT2D eigenvalue weighted by molar-refractivity contribution is -0.134. The predicted octanol–water partition coefficient (Wildman–Crippen LogP) is 2.31. The molecule has 0 bridgehead atoms. The molecule has 0 saturated carbocycles. The van der Waals surface area contributed by atoms with Crippen molar-refractivity contribution in [3.8, 4) is 0 Å². The van der Waals surface area contributed by atoms with Crippen molar-refractivity contribution in [3.63, 3.8) is 0 Å². The molecule has 0 unspecified atom stereocenters. The Kier molecular flexibility index (Phi) is 4.45. The fourth-order valence-electron chi connectivity index (χ4n) is 2.04. The van der Waals surface area contributed by atoms with E-state index in [0.29, 0.717) is 5.46 Å². The molecule has 6 heteroatoms. The van der Waals surface area contributed by atoms with Crippen LogP contribution in [-0.2, 0) is 18.8 Å². The van der Waals surface area contributed by atoms with Crippen LogP contribution in [0.2, 0.25) is 0 Å². The van der Waals surface area contributed by atoms with Gasteiger partial charge in [0.1, 0.15) is 5.82 Å². The number of esters is 1. The van der Waals surface area contributed by atoms with Crippen LogP contribution in [0.4, 0.5) is 4.39 Å². The number of hydrogen-bond acceptors (Lipinski definition) is 4. The number of halogens is 1. The Morgan fingerprint density at radius 2 is 1.82 bits per heavy atom. The fraction of sp³-hybridized carbons (Fsp3) is 0.438. The van der Waals surface area contributed by atoms with Crippen molar-refractivity contribution in [1.29, 1.82) is 0 Å². The van der Waals surface area contributed by atoms with Gasteiger partial charge in [0.15, 0.2) is 0 Å². The van der Waals surface area contributed by atoms with Gasteiger partial charge >= 0.3 is 13.1 Å². The van der Waals surface area contributed by atoms with E-state index >= 15 is 0 Å². The van der Waals surface area contributed by atoms with Gasteiger partial charge < -0.3 is 14.0 Å². The average Bonchev–Trinajstić information content (AvgIpc) is 2.66. The largest absolute Gasteiger partial charge is 0.494 e. The van der Waals surface area contributed by atoms with Crippen LogP contribution in [0.25, 0.3) is 6.08 Å². The highest BCUT2D eigenvalue weighted by molar-refractivity contribution is 6.62. The van der Waals surface area contributed by atoms with E-state index in [1.807, 2.05) is 27.7 Å². The fourth-order valence-corrected chi connectivity index (χ4v) is 2.04. The van der Waals surface area contributed by atoms with E-state index in [1.54, 1.807) is 12.1 Å². The van der Waals surface area contributed by atoms with Crippen molar-refractivity contribution in [2.24, 2.45) is 0 Å². The molecule has 1 aromatic carbocycles. The Morgan fingerprint density at radius 1 is 1.23 bits per heavy atom. The van der Waals surface area contributed by atoms with E-state index in [2.05, 4.69) is 4.74 Å². The van der Waals surface area contributed by atoms with Crippen LogP contribution in [0.5, 0.6) is 0 Å². The van der Waals surface area contributed by atoms with Crippen LogP contribution in [0.15, 0.2) is 24.3 Å². The van der Waals surface area contributed by atoms with Crippen LogP contribution >= 0.6 is 0 Å². The van der Waals surface area contributed by atoms with Crippen molar-refractivity contribution in [1.82, 2.24) is 0 Å². The first kappa shape index (κ1) is 16.7. The standard InChI is InChI=1S/C16H20BFO4/c1-15(2)16(3,4)22-17(21-15)12-7-8-13(18)11(10-12)6-9-14(19)20-5/h6-10H,1-5H3. The first-order chi connectivity index (χ1) is 10.2. The van der Waals surface area contributed by atoms with Crippen molar-refractivity contribution >= 4 is 24.6 Å². The molecule has 0 spiro atoms. The molecule has 22 heavy (non-hydrogen) atoms. The molecule has 1 aliphatic heterocycles. The van der Waals surface area contributed by atoms with Gasteiger partial charge in [-0.2, -0.15) is 0 Å². The predicted molar refractivity (Wildman–Crippen MR) is 83.2 cm³/mol. The molecule has 118 valence electrons. The first-order valence-corrected chi connectivity index (χ1v) is 7.07. The lowest BCUT2D eigenvalue weighted by Gasteiger charge is -2.32. The van der Waals surface area contributed by atoms with Gasteiger partial charge in [-0.15, -0.1) is 0 Å². The van der Waals surface area contributed by atoms with Gasteiger partial charge in [0.25, 0.3) is 0 Å². The monoisotopic (exact) mass is 306 g/mol. The normalized spacial score (nSPS) is 19.6. The van der Waals surface area contributed by atoms with Crippen molar-refractivity contribution in [2.45, 2.75) is 38.9 Å². The zero-order valence-corrected chi connectivity index (χ0v) is 13.5. The molecule has 1 fully saturated rings. The summed E-state index contributed by atoms with van der Waals surface area (Å²) < 4.78 is 30.2. The molecule has 4 nitrogen and oxygen atoms in total. The first-order valence-electron chi connectivity index (χ1n) is 7.07. The van der Waals surface area contributed by atoms with Gasteiger partial charge in [-0.25, -0.2) is 9.18 Å². The summed E-state index contributed by atoms with van der Waals surface area (Å²) in [7, 11) is 0.694. The van der Waals surface area contributed by atoms with E-state index < -0.39 is 30.1 Å². The van der Waals surface area contributed by atoms with E-state index in [9.17, 15) is 9.18 Å². The summed E-state index contributed by atoms with van der Waals surface area (Å²) in [6, 6.07) is 4.56. The number of carbonyl (C=O) groups excluding carboxylic acids is 1. The van der Waals surface area contributed by atoms with Crippen molar-refractivity contribution in [3.05, 3.63) is 35.7 Å². The maximum absolute atomic E-state index is 13.8. The topological polar surface area (TPSA) is 44.8 Å². The van der Waals surface area contributed by atoms with Gasteiger partial charge in [-0.05, 0) is 45.3 Å². The van der Waals surface area contributed by atoms with Crippen molar-refractivity contribution in [2.75, 3.05) is 7.11 Å². The second-order valence-corrected chi connectivity index (χ2v) is 6.23. The second-order valence-electron chi connectivity index (χ2n) is 6.23. The lowest BCUT2D eigenvalue weighted by atomic mass is 9.78. The maximum Gasteiger partial charge on any atom is 0.494 e. The molecule has 0 radical (unpaired) electrons. The summed E-state index contributed by atoms with van der Waals surface area (Å²) >= 11 is 0. The molecular weight excluding hydrogens is 286 g/mol. The highest BCUT2D eigenvalue weighted by atomic mass is 19.1. The quantitative estimate of drug-likeness (QED) is 0.488. The third-order valence-electron chi connectivity index (χ3n) is 4.15. The van der Waals surface area contributed by atoms with Gasteiger partial charge in [0.05, 0.1) is 18.3 Å². The highest BCUT2D eigenvalue weighted by Crippen LogP contribution is 2.36. The molecule has 1 heterocycles. The lowest BCUT2D eigenvalue weighted by Crippen LogP contribution is -2.41. The number of ether oxygens (including phenoxy) is 1. The molecule has 0 N–H and O–H groups in total. The summed E-state index contributed by atoms with van der Waals surface area (Å²) in [4.78, 5) is 11.1. The molecule has 2 rings (SSSR count). The zero-order chi connectivity index (χ0) is 16.5. The number of methoxy groups -OCH3 is 1. The SMILES string of the molecule is COC(=O)C=Cc1cc(B2OC(C)(C)C(C)(C)O2)ccc1F. The van der Waals surface area contributed by atoms with Crippen LogP contribution in [-0.4, -0.2) is 31.4 Å². The third kappa shape index (κ3) is 3.23. The molecule has 0 atom stereocenters. The molecule has 0 aromatic heterocycles. The van der Waals surface area contributed by atoms with Crippen LogP contribution in [0.1, 0.15) is 33.3 Å². The van der Waals surface area contributed by atoms with Gasteiger partial charge in [-0.1, -0.05) is 12.1 Å². The van der Waals surface area contributed by atoms with Crippen molar-refractivity contribution < 1.29 is 23.2 Å². The molecule has 0 aliphatic carbocycles. The Morgan fingerprint density at radius 3 is 2.36 bits per heavy atom. The van der Waals surface area contributed by atoms with Gasteiger partial charge in [0, 0.05) is 11.6 Å². The zero-order valence-electron chi connectivity index (χ0n) is 13.5. The molecule has 0 amide bonds. The summed E-state index contributed by atoms with van der Waals surface area (Å²) in [6.07, 6.45) is 2.54. The molecule has 1 aliphatic rings. The van der Waals surface area contributed by atoms with Crippen LogP contribution in [0.3, 0.4) is 0 Å². The van der Waals surface area contributed by atoms with E-state index in [1.165, 1.54) is 25.3 Å². The Balaban J connectivity index is 2.27. The van der Waals surface area contributed by atoms with E-state index in [4.69, 9.17) is 9.31 Å². The second kappa shape index (κ2) is 5.86.